The molecule has 184 valence electrons. The smallest absolute Gasteiger partial charge is 0.311 e. The van der Waals surface area contributed by atoms with E-state index in [1.54, 1.807) is 37.3 Å². The van der Waals surface area contributed by atoms with Crippen LogP contribution in [0.4, 0.5) is 5.69 Å². The Morgan fingerprint density at radius 2 is 1.83 bits per heavy atom. The number of ether oxygens (including phenoxy) is 1. The minimum Gasteiger partial charge on any atom is -0.507 e. The highest BCUT2D eigenvalue weighted by molar-refractivity contribution is 6.31. The number of hydrogen-bond donors (Lipinski definition) is 3. The lowest BCUT2D eigenvalue weighted by molar-refractivity contribution is -0.385. The van der Waals surface area contributed by atoms with Crippen LogP contribution >= 0.6 is 11.6 Å². The van der Waals surface area contributed by atoms with Gasteiger partial charge in [0, 0.05) is 22.2 Å². The third-order valence-corrected chi connectivity index (χ3v) is 5.15. The molecule has 0 atom stereocenters. The highest BCUT2D eigenvalue weighted by Crippen LogP contribution is 2.28. The molecule has 10 nitrogen and oxygen atoms in total. The minimum absolute atomic E-state index is 0.0398. The van der Waals surface area contributed by atoms with Crippen molar-refractivity contribution < 1.29 is 24.4 Å². The van der Waals surface area contributed by atoms with Gasteiger partial charge in [-0.25, -0.2) is 5.43 Å². The Labute approximate surface area is 211 Å². The lowest BCUT2D eigenvalue weighted by Crippen LogP contribution is -2.33. The van der Waals surface area contributed by atoms with Crippen LogP contribution in [0.25, 0.3) is 6.08 Å². The van der Waals surface area contributed by atoms with Gasteiger partial charge in [-0.05, 0) is 55.0 Å². The summed E-state index contributed by atoms with van der Waals surface area (Å²) in [7, 11) is 1.30. The first-order chi connectivity index (χ1) is 17.2. The number of halogens is 1. The van der Waals surface area contributed by atoms with Crippen LogP contribution in [0.1, 0.15) is 28.4 Å². The fraction of sp³-hybridized carbons (Fsp3) is 0.0800. The molecular weight excluding hydrogens is 488 g/mol. The van der Waals surface area contributed by atoms with Crippen molar-refractivity contribution in [1.29, 1.82) is 0 Å². The van der Waals surface area contributed by atoms with Gasteiger partial charge in [-0.2, -0.15) is 5.10 Å². The molecule has 0 heterocycles. The first kappa shape index (κ1) is 25.9. The van der Waals surface area contributed by atoms with Crippen molar-refractivity contribution in [2.45, 2.75) is 6.92 Å². The predicted octanol–water partition coefficient (Wildman–Crippen LogP) is 4.27. The number of carbonyl (C=O) groups excluding carboxylic acids is 2. The summed E-state index contributed by atoms with van der Waals surface area (Å²) >= 11 is 5.97. The summed E-state index contributed by atoms with van der Waals surface area (Å²) in [6.07, 6.45) is 1.27. The second-order valence-corrected chi connectivity index (χ2v) is 7.80. The van der Waals surface area contributed by atoms with E-state index in [1.165, 1.54) is 49.6 Å². The second-order valence-electron chi connectivity index (χ2n) is 7.37. The quantitative estimate of drug-likeness (QED) is 0.179. The number of hydrazone groups is 1. The highest BCUT2D eigenvalue weighted by Gasteiger charge is 2.18. The van der Waals surface area contributed by atoms with Crippen LogP contribution < -0.4 is 15.5 Å². The number of nitro benzene ring substituents is 1. The summed E-state index contributed by atoms with van der Waals surface area (Å²) in [5.41, 5.74) is 2.87. The van der Waals surface area contributed by atoms with E-state index in [9.17, 15) is 24.8 Å². The van der Waals surface area contributed by atoms with Gasteiger partial charge in [-0.1, -0.05) is 35.9 Å². The Bertz CT molecular complexity index is 1370. The van der Waals surface area contributed by atoms with Crippen LogP contribution in [0.5, 0.6) is 11.5 Å². The van der Waals surface area contributed by atoms with Crippen molar-refractivity contribution in [2.75, 3.05) is 7.11 Å². The van der Waals surface area contributed by atoms with Crippen molar-refractivity contribution in [3.8, 4) is 11.5 Å². The second kappa shape index (κ2) is 11.6. The lowest BCUT2D eigenvalue weighted by Gasteiger charge is -2.11. The molecule has 3 rings (SSSR count). The normalized spacial score (nSPS) is 11.5. The molecule has 3 aromatic rings. The number of carbonyl (C=O) groups is 2. The Balaban J connectivity index is 1.95. The van der Waals surface area contributed by atoms with Crippen LogP contribution in [0.15, 0.2) is 77.5 Å². The number of phenolic OH excluding ortho intramolecular Hbond substituents is 1. The van der Waals surface area contributed by atoms with Gasteiger partial charge in [-0.15, -0.1) is 0 Å². The van der Waals surface area contributed by atoms with E-state index in [4.69, 9.17) is 16.3 Å². The number of nitrogens with one attached hydrogen (secondary N) is 2. The van der Waals surface area contributed by atoms with Crippen molar-refractivity contribution in [3.05, 3.63) is 104 Å². The first-order valence-corrected chi connectivity index (χ1v) is 10.8. The van der Waals surface area contributed by atoms with Gasteiger partial charge in [0.05, 0.1) is 17.7 Å². The summed E-state index contributed by atoms with van der Waals surface area (Å²) in [5.74, 6) is -1.43. The zero-order valence-electron chi connectivity index (χ0n) is 19.2. The standard InChI is InChI=1S/C25H21ClN4O6/c1-15(19-14-18(26)9-10-22(19)31)28-29-25(33)20(27-24(32)17-6-4-3-5-7-17)12-16-8-11-23(36-2)21(13-16)30(34)35/h3-14,31H,1-2H3,(H,27,32)(H,29,33)/b20-12-,28-15-. The van der Waals surface area contributed by atoms with Gasteiger partial charge in [0.1, 0.15) is 11.4 Å². The maximum Gasteiger partial charge on any atom is 0.311 e. The van der Waals surface area contributed by atoms with Crippen LogP contribution in [0.2, 0.25) is 5.02 Å². The van der Waals surface area contributed by atoms with Crippen LogP contribution in [0, 0.1) is 10.1 Å². The molecule has 0 aromatic heterocycles. The van der Waals surface area contributed by atoms with E-state index in [0.29, 0.717) is 16.1 Å². The Hall–Kier alpha value is -4.70. The Morgan fingerprint density at radius 3 is 2.50 bits per heavy atom. The van der Waals surface area contributed by atoms with E-state index in [1.807, 2.05) is 0 Å². The van der Waals surface area contributed by atoms with Crippen LogP contribution in [-0.4, -0.2) is 34.7 Å². The maximum absolute atomic E-state index is 13.0. The van der Waals surface area contributed by atoms with E-state index >= 15 is 0 Å². The number of aromatic hydroxyl groups is 1. The third kappa shape index (κ3) is 6.45. The number of nitro groups is 1. The van der Waals surface area contributed by atoms with Gasteiger partial charge >= 0.3 is 5.69 Å². The van der Waals surface area contributed by atoms with Crippen molar-refractivity contribution >= 4 is 40.9 Å². The molecule has 0 saturated carbocycles. The molecule has 0 fully saturated rings. The number of hydrogen-bond acceptors (Lipinski definition) is 7. The highest BCUT2D eigenvalue weighted by atomic mass is 35.5. The molecule has 0 radical (unpaired) electrons. The number of phenols is 1. The minimum atomic E-state index is -0.807. The molecule has 0 aliphatic carbocycles. The molecule has 36 heavy (non-hydrogen) atoms. The zero-order valence-corrected chi connectivity index (χ0v) is 19.9. The van der Waals surface area contributed by atoms with Gasteiger partial charge in [0.25, 0.3) is 11.8 Å². The molecule has 0 saturated heterocycles. The van der Waals surface area contributed by atoms with E-state index in [0.717, 1.165) is 0 Å². The number of benzene rings is 3. The van der Waals surface area contributed by atoms with Crippen LogP contribution in [-0.2, 0) is 4.79 Å². The Kier molecular flexibility index (Phi) is 8.37. The maximum atomic E-state index is 13.0. The SMILES string of the molecule is COc1ccc(/C=C(\NC(=O)c2ccccc2)C(=O)N/N=C(/C)c2cc(Cl)ccc2O)cc1[N+](=O)[O-]. The fourth-order valence-corrected chi connectivity index (χ4v) is 3.27. The molecule has 0 spiro atoms. The lowest BCUT2D eigenvalue weighted by atomic mass is 10.1. The molecule has 3 aromatic carbocycles. The molecule has 0 aliphatic heterocycles. The third-order valence-electron chi connectivity index (χ3n) is 4.91. The van der Waals surface area contributed by atoms with Gasteiger partial charge in [0.2, 0.25) is 0 Å². The van der Waals surface area contributed by atoms with Gasteiger partial charge in [0.15, 0.2) is 5.75 Å². The summed E-state index contributed by atoms with van der Waals surface area (Å²) in [6.45, 7) is 1.55. The summed E-state index contributed by atoms with van der Waals surface area (Å²) in [4.78, 5) is 36.5. The van der Waals surface area contributed by atoms with E-state index in [2.05, 4.69) is 15.8 Å². The number of amides is 2. The van der Waals surface area contributed by atoms with E-state index < -0.39 is 16.7 Å². The monoisotopic (exact) mass is 508 g/mol. The number of rotatable bonds is 8. The molecule has 0 unspecified atom stereocenters. The Morgan fingerprint density at radius 1 is 1.11 bits per heavy atom. The van der Waals surface area contributed by atoms with Gasteiger partial charge < -0.3 is 15.2 Å². The van der Waals surface area contributed by atoms with Crippen molar-refractivity contribution in [3.63, 3.8) is 0 Å². The zero-order chi connectivity index (χ0) is 26.2. The van der Waals surface area contributed by atoms with E-state index in [-0.39, 0.29) is 34.2 Å². The first-order valence-electron chi connectivity index (χ1n) is 10.4. The summed E-state index contributed by atoms with van der Waals surface area (Å²) < 4.78 is 5.00. The van der Waals surface area contributed by atoms with Crippen molar-refractivity contribution in [2.24, 2.45) is 5.10 Å². The molecule has 3 N–H and O–H groups in total. The fourth-order valence-electron chi connectivity index (χ4n) is 3.10. The molecule has 0 aliphatic rings. The average Bonchev–Trinajstić information content (AvgIpc) is 2.88. The average molecular weight is 509 g/mol. The molecule has 2 amide bonds. The van der Waals surface area contributed by atoms with Gasteiger partial charge in [-0.3, -0.25) is 19.7 Å². The molecular formula is C25H21ClN4O6. The summed E-state index contributed by atoms with van der Waals surface area (Å²) in [6, 6.07) is 16.6. The molecule has 0 bridgehead atoms. The topological polar surface area (TPSA) is 143 Å². The predicted molar refractivity (Wildman–Crippen MR) is 135 cm³/mol. The van der Waals surface area contributed by atoms with Crippen molar-refractivity contribution in [1.82, 2.24) is 10.7 Å². The largest absolute Gasteiger partial charge is 0.507 e. The van der Waals surface area contributed by atoms with Crippen LogP contribution in [0.3, 0.4) is 0 Å². The molecule has 11 heteroatoms. The number of methoxy groups -OCH3 is 1. The number of nitrogens with zero attached hydrogens (tertiary/aromatic N) is 2. The summed E-state index contributed by atoms with van der Waals surface area (Å²) in [5, 5.41) is 28.3.